The maximum absolute atomic E-state index is 13.5. The van der Waals surface area contributed by atoms with E-state index >= 15 is 0 Å². The largest absolute Gasteiger partial charge is 0.488 e. The number of rotatable bonds is 7. The maximum atomic E-state index is 13.5. The van der Waals surface area contributed by atoms with Gasteiger partial charge < -0.3 is 15.2 Å². The van der Waals surface area contributed by atoms with Crippen LogP contribution in [0.4, 0.5) is 4.39 Å². The molecule has 0 saturated heterocycles. The van der Waals surface area contributed by atoms with E-state index in [-0.39, 0.29) is 11.9 Å². The van der Waals surface area contributed by atoms with Crippen molar-refractivity contribution in [3.05, 3.63) is 29.6 Å². The third-order valence-electron chi connectivity index (χ3n) is 2.81. The van der Waals surface area contributed by atoms with Crippen LogP contribution in [0.5, 0.6) is 5.75 Å². The lowest BCUT2D eigenvalue weighted by atomic mass is 10.1. The Balaban J connectivity index is 2.65. The number of benzene rings is 1. The predicted molar refractivity (Wildman–Crippen MR) is 74.7 cm³/mol. The molecule has 0 radical (unpaired) electrons. The molecule has 0 amide bonds. The topological polar surface area (TPSA) is 41.5 Å². The fourth-order valence-electron chi connectivity index (χ4n) is 1.61. The maximum Gasteiger partial charge on any atom is 0.127 e. The number of hydrogen-bond acceptors (Lipinski definition) is 3. The van der Waals surface area contributed by atoms with E-state index in [0.717, 1.165) is 12.1 Å². The van der Waals surface area contributed by atoms with Crippen LogP contribution < -0.4 is 10.1 Å². The summed E-state index contributed by atoms with van der Waals surface area (Å²) < 4.78 is 19.0. The van der Waals surface area contributed by atoms with Gasteiger partial charge in [-0.2, -0.15) is 0 Å². The SMILES string of the molecule is CC(C)CNCc1cc(F)cc(OC(C)C(C)O)c1. The first-order chi connectivity index (χ1) is 8.88. The summed E-state index contributed by atoms with van der Waals surface area (Å²) in [5, 5.41) is 12.7. The quantitative estimate of drug-likeness (QED) is 0.799. The summed E-state index contributed by atoms with van der Waals surface area (Å²) in [6, 6.07) is 4.63. The van der Waals surface area contributed by atoms with E-state index in [1.807, 2.05) is 0 Å². The van der Waals surface area contributed by atoms with Crippen molar-refractivity contribution in [2.24, 2.45) is 5.92 Å². The van der Waals surface area contributed by atoms with Gasteiger partial charge in [-0.05, 0) is 44.0 Å². The van der Waals surface area contributed by atoms with Crippen molar-refractivity contribution in [2.45, 2.75) is 46.4 Å². The van der Waals surface area contributed by atoms with Gasteiger partial charge in [-0.25, -0.2) is 4.39 Å². The lowest BCUT2D eigenvalue weighted by molar-refractivity contribution is 0.0602. The third-order valence-corrected chi connectivity index (χ3v) is 2.81. The van der Waals surface area contributed by atoms with Gasteiger partial charge in [0.2, 0.25) is 0 Å². The lowest BCUT2D eigenvalue weighted by Gasteiger charge is -2.18. The van der Waals surface area contributed by atoms with Gasteiger partial charge in [-0.3, -0.25) is 0 Å². The van der Waals surface area contributed by atoms with Gasteiger partial charge in [0.1, 0.15) is 17.7 Å². The second-order valence-electron chi connectivity index (χ2n) is 5.38. The Kier molecular flexibility index (Phi) is 6.25. The normalized spacial score (nSPS) is 14.5. The van der Waals surface area contributed by atoms with E-state index in [1.165, 1.54) is 12.1 Å². The van der Waals surface area contributed by atoms with Crippen molar-refractivity contribution in [2.75, 3.05) is 6.54 Å². The van der Waals surface area contributed by atoms with Crippen LogP contribution in [0.25, 0.3) is 0 Å². The van der Waals surface area contributed by atoms with Gasteiger partial charge in [0.05, 0.1) is 6.10 Å². The fraction of sp³-hybridized carbons (Fsp3) is 0.600. The molecule has 108 valence electrons. The monoisotopic (exact) mass is 269 g/mol. The number of hydrogen-bond donors (Lipinski definition) is 2. The summed E-state index contributed by atoms with van der Waals surface area (Å²) in [5.74, 6) is 0.686. The molecule has 2 atom stereocenters. The molecule has 4 heteroatoms. The van der Waals surface area contributed by atoms with Crippen LogP contribution >= 0.6 is 0 Å². The smallest absolute Gasteiger partial charge is 0.127 e. The molecule has 0 spiro atoms. The van der Waals surface area contributed by atoms with Crippen LogP contribution in [0.15, 0.2) is 18.2 Å². The van der Waals surface area contributed by atoms with Crippen LogP contribution in [0.3, 0.4) is 0 Å². The zero-order valence-corrected chi connectivity index (χ0v) is 12.1. The average molecular weight is 269 g/mol. The van der Waals surface area contributed by atoms with Crippen LogP contribution in [-0.4, -0.2) is 23.9 Å². The summed E-state index contributed by atoms with van der Waals surface area (Å²) >= 11 is 0. The molecule has 0 bridgehead atoms. The number of aliphatic hydroxyl groups excluding tert-OH is 1. The minimum Gasteiger partial charge on any atom is -0.488 e. The summed E-state index contributed by atoms with van der Waals surface area (Å²) in [6.45, 7) is 9.14. The van der Waals surface area contributed by atoms with Gasteiger partial charge in [-0.15, -0.1) is 0 Å². The van der Waals surface area contributed by atoms with E-state index in [4.69, 9.17) is 4.74 Å². The van der Waals surface area contributed by atoms with E-state index < -0.39 is 6.10 Å². The van der Waals surface area contributed by atoms with Crippen LogP contribution in [-0.2, 0) is 6.54 Å². The highest BCUT2D eigenvalue weighted by molar-refractivity contribution is 5.29. The summed E-state index contributed by atoms with van der Waals surface area (Å²) in [7, 11) is 0. The molecule has 2 N–H and O–H groups in total. The van der Waals surface area contributed by atoms with E-state index in [9.17, 15) is 9.50 Å². The standard InChI is InChI=1S/C15H24FNO2/c1-10(2)8-17-9-13-5-14(16)7-15(6-13)19-12(4)11(3)18/h5-7,10-12,17-18H,8-9H2,1-4H3. The Hall–Kier alpha value is -1.13. The molecule has 1 aromatic rings. The zero-order chi connectivity index (χ0) is 14.4. The van der Waals surface area contributed by atoms with Crippen molar-refractivity contribution in [3.8, 4) is 5.75 Å². The Morgan fingerprint density at radius 2 is 1.89 bits per heavy atom. The first kappa shape index (κ1) is 15.9. The minimum absolute atomic E-state index is 0.323. The number of ether oxygens (including phenoxy) is 1. The molecular formula is C15H24FNO2. The van der Waals surface area contributed by atoms with Gasteiger partial charge in [-0.1, -0.05) is 13.8 Å². The third kappa shape index (κ3) is 6.03. The highest BCUT2D eigenvalue weighted by atomic mass is 19.1. The molecule has 0 fully saturated rings. The van der Waals surface area contributed by atoms with Crippen molar-refractivity contribution in [1.82, 2.24) is 5.32 Å². The Bertz CT molecular complexity index is 394. The molecule has 2 unspecified atom stereocenters. The molecule has 1 rings (SSSR count). The zero-order valence-electron chi connectivity index (χ0n) is 12.1. The molecule has 0 aliphatic heterocycles. The molecule has 3 nitrogen and oxygen atoms in total. The van der Waals surface area contributed by atoms with E-state index in [1.54, 1.807) is 19.9 Å². The second kappa shape index (κ2) is 7.46. The Morgan fingerprint density at radius 3 is 2.47 bits per heavy atom. The highest BCUT2D eigenvalue weighted by Gasteiger charge is 2.11. The fourth-order valence-corrected chi connectivity index (χ4v) is 1.61. The van der Waals surface area contributed by atoms with Crippen molar-refractivity contribution in [3.63, 3.8) is 0 Å². The predicted octanol–water partition coefficient (Wildman–Crippen LogP) is 2.72. The minimum atomic E-state index is -0.592. The van der Waals surface area contributed by atoms with Gasteiger partial charge in [0.25, 0.3) is 0 Å². The second-order valence-corrected chi connectivity index (χ2v) is 5.38. The summed E-state index contributed by atoms with van der Waals surface area (Å²) in [6.07, 6.45) is -0.955. The first-order valence-corrected chi connectivity index (χ1v) is 6.73. The van der Waals surface area contributed by atoms with Gasteiger partial charge in [0.15, 0.2) is 0 Å². The highest BCUT2D eigenvalue weighted by Crippen LogP contribution is 2.18. The molecule has 0 saturated carbocycles. The van der Waals surface area contributed by atoms with Crippen LogP contribution in [0, 0.1) is 11.7 Å². The average Bonchev–Trinajstić information content (AvgIpc) is 2.27. The number of aliphatic hydroxyl groups is 1. The van der Waals surface area contributed by atoms with Crippen molar-refractivity contribution < 1.29 is 14.2 Å². The molecule has 0 aromatic heterocycles. The van der Waals surface area contributed by atoms with Crippen molar-refractivity contribution >= 4 is 0 Å². The number of nitrogens with one attached hydrogen (secondary N) is 1. The first-order valence-electron chi connectivity index (χ1n) is 6.73. The van der Waals surface area contributed by atoms with Gasteiger partial charge >= 0.3 is 0 Å². The molecule has 19 heavy (non-hydrogen) atoms. The molecular weight excluding hydrogens is 245 g/mol. The Morgan fingerprint density at radius 1 is 1.21 bits per heavy atom. The lowest BCUT2D eigenvalue weighted by Crippen LogP contribution is -2.25. The van der Waals surface area contributed by atoms with Crippen LogP contribution in [0.1, 0.15) is 33.3 Å². The summed E-state index contributed by atoms with van der Waals surface area (Å²) in [5.41, 5.74) is 0.841. The Labute approximate surface area is 114 Å². The molecule has 0 heterocycles. The molecule has 1 aromatic carbocycles. The molecule has 0 aliphatic rings. The van der Waals surface area contributed by atoms with Crippen LogP contribution in [0.2, 0.25) is 0 Å². The van der Waals surface area contributed by atoms with Crippen molar-refractivity contribution in [1.29, 1.82) is 0 Å². The van der Waals surface area contributed by atoms with E-state index in [2.05, 4.69) is 19.2 Å². The van der Waals surface area contributed by atoms with Gasteiger partial charge in [0, 0.05) is 12.6 Å². The molecule has 0 aliphatic carbocycles. The summed E-state index contributed by atoms with van der Waals surface area (Å²) in [4.78, 5) is 0. The number of halogens is 1. The van der Waals surface area contributed by atoms with E-state index in [0.29, 0.717) is 18.2 Å².